The number of nitrogens with zero attached hydrogens (tertiary/aromatic N) is 2. The molecule has 0 radical (unpaired) electrons. The Morgan fingerprint density at radius 2 is 2.35 bits per heavy atom. The van der Waals surface area contributed by atoms with Crippen LogP contribution in [0.2, 0.25) is 0 Å². The van der Waals surface area contributed by atoms with Crippen molar-refractivity contribution in [3.8, 4) is 23.1 Å². The molecule has 8 heteroatoms. The van der Waals surface area contributed by atoms with Crippen LogP contribution in [0.3, 0.4) is 0 Å². The van der Waals surface area contributed by atoms with Crippen LogP contribution in [0, 0.1) is 11.3 Å². The molecule has 2 N–H and O–H groups in total. The average molecular weight is 356 g/mol. The topological polar surface area (TPSA) is 109 Å². The number of hydrogen-bond acceptors (Lipinski definition) is 7. The zero-order valence-corrected chi connectivity index (χ0v) is 14.6. The molecule has 3 rings (SSSR count). The summed E-state index contributed by atoms with van der Waals surface area (Å²) in [4.78, 5) is 16.4. The number of amides is 1. The minimum absolute atomic E-state index is 0.00514. The van der Waals surface area contributed by atoms with Crippen molar-refractivity contribution >= 4 is 5.91 Å². The molecule has 0 unspecified atom stereocenters. The second-order valence-electron chi connectivity index (χ2n) is 6.02. The largest absolute Gasteiger partial charge is 0.496 e. The predicted molar refractivity (Wildman–Crippen MR) is 92.7 cm³/mol. The van der Waals surface area contributed by atoms with E-state index in [-0.39, 0.29) is 23.9 Å². The van der Waals surface area contributed by atoms with Crippen LogP contribution < -0.4 is 15.4 Å². The van der Waals surface area contributed by atoms with Gasteiger partial charge in [-0.15, -0.1) is 0 Å². The van der Waals surface area contributed by atoms with Gasteiger partial charge in [-0.1, -0.05) is 0 Å². The summed E-state index contributed by atoms with van der Waals surface area (Å²) >= 11 is 0. The van der Waals surface area contributed by atoms with Crippen LogP contribution in [0.5, 0.6) is 5.75 Å². The molecule has 136 valence electrons. The second-order valence-corrected chi connectivity index (χ2v) is 6.02. The fourth-order valence-corrected chi connectivity index (χ4v) is 2.98. The Bertz CT molecular complexity index is 827. The van der Waals surface area contributed by atoms with Gasteiger partial charge in [0, 0.05) is 25.7 Å². The van der Waals surface area contributed by atoms with Crippen molar-refractivity contribution in [2.45, 2.75) is 18.5 Å². The number of carbonyl (C=O) groups is 1. The summed E-state index contributed by atoms with van der Waals surface area (Å²) in [7, 11) is 3.18. The van der Waals surface area contributed by atoms with E-state index in [9.17, 15) is 4.79 Å². The Morgan fingerprint density at radius 1 is 1.50 bits per heavy atom. The van der Waals surface area contributed by atoms with Crippen LogP contribution in [-0.2, 0) is 4.74 Å². The molecular weight excluding hydrogens is 336 g/mol. The van der Waals surface area contributed by atoms with E-state index in [0.717, 1.165) is 6.42 Å². The Labute approximate surface area is 151 Å². The molecule has 0 bridgehead atoms. The Hall–Kier alpha value is -2.89. The van der Waals surface area contributed by atoms with Crippen molar-refractivity contribution in [2.75, 3.05) is 27.4 Å². The smallest absolute Gasteiger partial charge is 0.307 e. The third-order valence-corrected chi connectivity index (χ3v) is 4.22. The summed E-state index contributed by atoms with van der Waals surface area (Å²) in [5, 5.41) is 15.3. The van der Waals surface area contributed by atoms with E-state index in [1.54, 1.807) is 25.3 Å². The molecule has 1 aliphatic rings. The maximum Gasteiger partial charge on any atom is 0.307 e. The first-order valence-corrected chi connectivity index (χ1v) is 8.22. The molecule has 26 heavy (non-hydrogen) atoms. The highest BCUT2D eigenvalue weighted by Crippen LogP contribution is 2.31. The average Bonchev–Trinajstić information content (AvgIpc) is 3.31. The number of aromatic nitrogens is 1. The van der Waals surface area contributed by atoms with Crippen molar-refractivity contribution in [3.05, 3.63) is 35.9 Å². The monoisotopic (exact) mass is 356 g/mol. The van der Waals surface area contributed by atoms with Gasteiger partial charge in [-0.2, -0.15) is 5.26 Å². The number of rotatable bonds is 6. The molecule has 1 saturated heterocycles. The quantitative estimate of drug-likeness (QED) is 0.803. The number of oxazole rings is 1. The first kappa shape index (κ1) is 17.9. The minimum Gasteiger partial charge on any atom is -0.496 e. The Morgan fingerprint density at radius 3 is 3.08 bits per heavy atom. The molecule has 1 aromatic carbocycles. The maximum atomic E-state index is 12.4. The number of nitrogens with one attached hydrogen (secondary N) is 2. The van der Waals surface area contributed by atoms with E-state index >= 15 is 0 Å². The van der Waals surface area contributed by atoms with E-state index in [1.165, 1.54) is 13.3 Å². The van der Waals surface area contributed by atoms with Crippen LogP contribution >= 0.6 is 0 Å². The van der Waals surface area contributed by atoms with Crippen LogP contribution in [0.4, 0.5) is 0 Å². The van der Waals surface area contributed by atoms with Crippen LogP contribution in [0.25, 0.3) is 11.3 Å². The lowest BCUT2D eigenvalue weighted by molar-refractivity contribution is 0.0904. The fraction of sp³-hybridized carbons (Fsp3) is 0.389. The van der Waals surface area contributed by atoms with Crippen molar-refractivity contribution in [2.24, 2.45) is 0 Å². The van der Waals surface area contributed by atoms with Crippen LogP contribution in [0.15, 0.2) is 28.8 Å². The fourth-order valence-electron chi connectivity index (χ4n) is 2.98. The molecule has 8 nitrogen and oxygen atoms in total. The molecule has 1 aliphatic heterocycles. The number of hydrogen-bond donors (Lipinski definition) is 2. The molecule has 1 amide bonds. The van der Waals surface area contributed by atoms with Crippen molar-refractivity contribution in [3.63, 3.8) is 0 Å². The number of ether oxygens (including phenoxy) is 2. The zero-order valence-electron chi connectivity index (χ0n) is 14.6. The number of benzene rings is 1. The highest BCUT2D eigenvalue weighted by Gasteiger charge is 2.27. The van der Waals surface area contributed by atoms with Gasteiger partial charge in [0.05, 0.1) is 37.1 Å². The van der Waals surface area contributed by atoms with E-state index in [4.69, 9.17) is 19.2 Å². The number of methoxy groups -OCH3 is 2. The highest BCUT2D eigenvalue weighted by molar-refractivity contribution is 5.90. The normalized spacial score (nSPS) is 19.1. The lowest BCUT2D eigenvalue weighted by atomic mass is 10.1. The summed E-state index contributed by atoms with van der Waals surface area (Å²) in [6.45, 7) is 1.27. The minimum atomic E-state index is -0.378. The Kier molecular flexibility index (Phi) is 5.51. The predicted octanol–water partition coefficient (Wildman–Crippen LogP) is 1.33. The van der Waals surface area contributed by atoms with Gasteiger partial charge in [0.15, 0.2) is 5.76 Å². The molecule has 2 atom stereocenters. The molecule has 0 aliphatic carbocycles. The van der Waals surface area contributed by atoms with E-state index < -0.39 is 0 Å². The van der Waals surface area contributed by atoms with Gasteiger partial charge < -0.3 is 24.5 Å². The summed E-state index contributed by atoms with van der Waals surface area (Å²) < 4.78 is 16.0. The number of carbonyl (C=O) groups excluding carboxylic acids is 1. The second kappa shape index (κ2) is 7.99. The highest BCUT2D eigenvalue weighted by atomic mass is 16.5. The first-order chi connectivity index (χ1) is 12.6. The molecule has 2 heterocycles. The molecule has 0 spiro atoms. The van der Waals surface area contributed by atoms with Gasteiger partial charge >= 0.3 is 5.91 Å². The summed E-state index contributed by atoms with van der Waals surface area (Å²) in [5.74, 6) is 0.497. The SMILES string of the molecule is COC[C@@H]1C[C@@H](NC(=O)c2ncc(-c3cc(C#N)ccc3OC)o2)CN1. The van der Waals surface area contributed by atoms with Gasteiger partial charge in [-0.3, -0.25) is 4.79 Å². The summed E-state index contributed by atoms with van der Waals surface area (Å²) in [5.41, 5.74) is 1.03. The van der Waals surface area contributed by atoms with Crippen molar-refractivity contribution in [1.29, 1.82) is 5.26 Å². The Balaban J connectivity index is 1.72. The zero-order chi connectivity index (χ0) is 18.5. The third kappa shape index (κ3) is 3.85. The summed E-state index contributed by atoms with van der Waals surface area (Å²) in [6.07, 6.45) is 2.24. The third-order valence-electron chi connectivity index (χ3n) is 4.22. The van der Waals surface area contributed by atoms with Crippen LogP contribution in [0.1, 0.15) is 22.7 Å². The van der Waals surface area contributed by atoms with E-state index in [0.29, 0.717) is 35.8 Å². The molecule has 0 saturated carbocycles. The van der Waals surface area contributed by atoms with Crippen molar-refractivity contribution in [1.82, 2.24) is 15.6 Å². The number of nitriles is 1. The molecule has 1 aromatic heterocycles. The van der Waals surface area contributed by atoms with E-state index in [1.807, 2.05) is 0 Å². The molecule has 1 fully saturated rings. The molecule has 2 aromatic rings. The van der Waals surface area contributed by atoms with Gasteiger partial charge in [-0.05, 0) is 24.6 Å². The lowest BCUT2D eigenvalue weighted by Crippen LogP contribution is -2.36. The van der Waals surface area contributed by atoms with Gasteiger partial charge in [0.1, 0.15) is 5.75 Å². The molecular formula is C18H20N4O4. The van der Waals surface area contributed by atoms with Crippen LogP contribution in [-0.4, -0.2) is 50.3 Å². The van der Waals surface area contributed by atoms with Gasteiger partial charge in [-0.25, -0.2) is 4.98 Å². The first-order valence-electron chi connectivity index (χ1n) is 8.22. The van der Waals surface area contributed by atoms with Gasteiger partial charge in [0.2, 0.25) is 0 Å². The van der Waals surface area contributed by atoms with E-state index in [2.05, 4.69) is 21.7 Å². The standard InChI is InChI=1S/C18H20N4O4/c1-24-10-13-6-12(8-20-13)22-17(23)18-21-9-16(26-18)14-5-11(7-19)3-4-15(14)25-2/h3-5,9,12-13,20H,6,8,10H2,1-2H3,(H,22,23)/t12-,13+/m1/s1. The summed E-state index contributed by atoms with van der Waals surface area (Å²) in [6, 6.07) is 7.25. The van der Waals surface area contributed by atoms with Crippen molar-refractivity contribution < 1.29 is 18.7 Å². The lowest BCUT2D eigenvalue weighted by Gasteiger charge is -2.10. The maximum absolute atomic E-state index is 12.4. The van der Waals surface area contributed by atoms with Gasteiger partial charge in [0.25, 0.3) is 5.89 Å².